The molecular formula is C21H26F3N3O3. The van der Waals surface area contributed by atoms with Crippen molar-refractivity contribution >= 4 is 11.7 Å². The molecule has 1 saturated heterocycles. The van der Waals surface area contributed by atoms with Crippen molar-refractivity contribution in [1.29, 1.82) is 0 Å². The lowest BCUT2D eigenvalue weighted by Gasteiger charge is -2.44. The number of amides is 1. The molecule has 9 heteroatoms. The second kappa shape index (κ2) is 8.09. The van der Waals surface area contributed by atoms with Gasteiger partial charge in [0, 0.05) is 29.4 Å². The summed E-state index contributed by atoms with van der Waals surface area (Å²) in [6.07, 6.45) is 4.64. The molecule has 164 valence electrons. The van der Waals surface area contributed by atoms with Gasteiger partial charge in [0.1, 0.15) is 0 Å². The third-order valence-electron chi connectivity index (χ3n) is 6.01. The second-order valence-electron chi connectivity index (χ2n) is 8.18. The standard InChI is InChI=1S/C21H26F3N3O3/c1-13-3-6-17-18(27(13)20(28)29-2)8-7-16(19(17)30-10-9-21(22,23)24)14-11-25-26(12-14)15-4-5-15/h7-8,11-13,15,17,19H,3-6,9-10H2,1-2H3/t13-,17?,19?/m0/s1. The highest BCUT2D eigenvalue weighted by molar-refractivity contribution is 5.75. The van der Waals surface area contributed by atoms with Crippen LogP contribution in [0.5, 0.6) is 0 Å². The van der Waals surface area contributed by atoms with Crippen LogP contribution in [0, 0.1) is 5.92 Å². The lowest BCUT2D eigenvalue weighted by molar-refractivity contribution is -0.148. The number of methoxy groups -OCH3 is 1. The molecule has 0 N–H and O–H groups in total. The van der Waals surface area contributed by atoms with Gasteiger partial charge in [0.2, 0.25) is 0 Å². The Labute approximate surface area is 173 Å². The Morgan fingerprint density at radius 3 is 2.67 bits per heavy atom. The molecule has 2 unspecified atom stereocenters. The van der Waals surface area contributed by atoms with Crippen molar-refractivity contribution in [1.82, 2.24) is 14.7 Å². The highest BCUT2D eigenvalue weighted by atomic mass is 19.4. The van der Waals surface area contributed by atoms with Gasteiger partial charge in [0.15, 0.2) is 0 Å². The molecule has 1 amide bonds. The Morgan fingerprint density at radius 2 is 2.00 bits per heavy atom. The van der Waals surface area contributed by atoms with Crippen LogP contribution < -0.4 is 0 Å². The largest absolute Gasteiger partial charge is 0.452 e. The lowest BCUT2D eigenvalue weighted by Crippen LogP contribution is -2.48. The van der Waals surface area contributed by atoms with Crippen molar-refractivity contribution in [2.24, 2.45) is 5.92 Å². The molecule has 0 radical (unpaired) electrons. The average Bonchev–Trinajstić information content (AvgIpc) is 3.43. The van der Waals surface area contributed by atoms with E-state index < -0.39 is 31.4 Å². The first-order chi connectivity index (χ1) is 14.3. The summed E-state index contributed by atoms with van der Waals surface area (Å²) in [5.41, 5.74) is 2.38. The molecule has 3 aliphatic rings. The smallest absolute Gasteiger partial charge is 0.413 e. The number of hydrogen-bond acceptors (Lipinski definition) is 4. The monoisotopic (exact) mass is 425 g/mol. The third kappa shape index (κ3) is 4.26. The fourth-order valence-corrected chi connectivity index (χ4v) is 4.31. The Morgan fingerprint density at radius 1 is 1.23 bits per heavy atom. The highest BCUT2D eigenvalue weighted by Gasteiger charge is 2.42. The van der Waals surface area contributed by atoms with Gasteiger partial charge >= 0.3 is 12.3 Å². The fraction of sp³-hybridized carbons (Fsp3) is 0.619. The van der Waals surface area contributed by atoms with Crippen molar-refractivity contribution in [3.8, 4) is 0 Å². The molecule has 1 saturated carbocycles. The molecule has 4 rings (SSSR count). The van der Waals surface area contributed by atoms with Crippen LogP contribution in [0.15, 0.2) is 30.2 Å². The number of carbonyl (C=O) groups excluding carboxylic acids is 1. The van der Waals surface area contributed by atoms with E-state index in [4.69, 9.17) is 9.47 Å². The predicted molar refractivity (Wildman–Crippen MR) is 103 cm³/mol. The van der Waals surface area contributed by atoms with E-state index >= 15 is 0 Å². The number of aromatic nitrogens is 2. The maximum absolute atomic E-state index is 12.7. The van der Waals surface area contributed by atoms with Crippen LogP contribution >= 0.6 is 0 Å². The quantitative estimate of drug-likeness (QED) is 0.686. The maximum Gasteiger partial charge on any atom is 0.413 e. The van der Waals surface area contributed by atoms with Crippen LogP contribution in [0.3, 0.4) is 0 Å². The van der Waals surface area contributed by atoms with Gasteiger partial charge < -0.3 is 9.47 Å². The summed E-state index contributed by atoms with van der Waals surface area (Å²) in [5, 5.41) is 4.41. The number of allylic oxidation sites excluding steroid dienone is 2. The summed E-state index contributed by atoms with van der Waals surface area (Å²) in [6.45, 7) is 1.51. The van der Waals surface area contributed by atoms with E-state index in [0.717, 1.165) is 29.7 Å². The molecule has 0 bridgehead atoms. The molecule has 30 heavy (non-hydrogen) atoms. The van der Waals surface area contributed by atoms with Crippen molar-refractivity contribution in [2.75, 3.05) is 13.7 Å². The van der Waals surface area contributed by atoms with E-state index in [-0.39, 0.29) is 12.0 Å². The highest BCUT2D eigenvalue weighted by Crippen LogP contribution is 2.43. The van der Waals surface area contributed by atoms with Crippen molar-refractivity contribution < 1.29 is 27.4 Å². The first-order valence-corrected chi connectivity index (χ1v) is 10.3. The van der Waals surface area contributed by atoms with Crippen LogP contribution in [-0.4, -0.2) is 52.8 Å². The summed E-state index contributed by atoms with van der Waals surface area (Å²) >= 11 is 0. The minimum atomic E-state index is -4.28. The number of hydrogen-bond donors (Lipinski definition) is 0. The van der Waals surface area contributed by atoms with Gasteiger partial charge in [0.05, 0.1) is 38.5 Å². The molecular weight excluding hydrogens is 399 g/mol. The van der Waals surface area contributed by atoms with Gasteiger partial charge in [-0.05, 0) is 44.3 Å². The van der Waals surface area contributed by atoms with Crippen LogP contribution in [0.1, 0.15) is 50.6 Å². The third-order valence-corrected chi connectivity index (χ3v) is 6.01. The summed E-state index contributed by atoms with van der Waals surface area (Å²) in [6, 6.07) is 0.354. The first kappa shape index (κ1) is 21.0. The number of rotatable bonds is 5. The molecule has 1 aliphatic heterocycles. The van der Waals surface area contributed by atoms with Gasteiger partial charge in [-0.1, -0.05) is 6.08 Å². The molecule has 0 spiro atoms. The summed E-state index contributed by atoms with van der Waals surface area (Å²) in [5.74, 6) is -0.224. The Kier molecular flexibility index (Phi) is 5.65. The number of carbonyl (C=O) groups is 1. The fourth-order valence-electron chi connectivity index (χ4n) is 4.31. The van der Waals surface area contributed by atoms with E-state index in [2.05, 4.69) is 5.10 Å². The van der Waals surface area contributed by atoms with E-state index in [1.54, 1.807) is 11.1 Å². The zero-order chi connectivity index (χ0) is 21.5. The minimum Gasteiger partial charge on any atom is -0.452 e. The van der Waals surface area contributed by atoms with Crippen LogP contribution in [0.2, 0.25) is 0 Å². The molecule has 2 fully saturated rings. The topological polar surface area (TPSA) is 56.6 Å². The number of alkyl halides is 3. The molecule has 1 aromatic rings. The van der Waals surface area contributed by atoms with Gasteiger partial charge in [-0.2, -0.15) is 18.3 Å². The average molecular weight is 425 g/mol. The molecule has 6 nitrogen and oxygen atoms in total. The molecule has 2 aliphatic carbocycles. The zero-order valence-electron chi connectivity index (χ0n) is 17.1. The predicted octanol–water partition coefficient (Wildman–Crippen LogP) is 4.70. The van der Waals surface area contributed by atoms with Crippen molar-refractivity contribution in [2.45, 2.75) is 63.4 Å². The molecule has 1 aromatic heterocycles. The molecule has 2 heterocycles. The number of piperidine rings is 1. The van der Waals surface area contributed by atoms with E-state index in [0.29, 0.717) is 18.9 Å². The number of likely N-dealkylation sites (tertiary alicyclic amines) is 1. The number of halogens is 3. The minimum absolute atomic E-state index is 0.0525. The van der Waals surface area contributed by atoms with Crippen LogP contribution in [0.4, 0.5) is 18.0 Å². The number of fused-ring (bicyclic) bond motifs is 1. The van der Waals surface area contributed by atoms with Crippen molar-refractivity contribution in [3.05, 3.63) is 35.8 Å². The first-order valence-electron chi connectivity index (χ1n) is 10.3. The van der Waals surface area contributed by atoms with Crippen LogP contribution in [-0.2, 0) is 9.47 Å². The molecule has 3 atom stereocenters. The van der Waals surface area contributed by atoms with Gasteiger partial charge in [-0.25, -0.2) is 4.79 Å². The van der Waals surface area contributed by atoms with E-state index in [1.807, 2.05) is 30.0 Å². The Bertz CT molecular complexity index is 857. The number of nitrogens with zero attached hydrogens (tertiary/aromatic N) is 3. The SMILES string of the molecule is COC(=O)N1C2=CC=C(c3cnn(C4CC4)c3)C(OCCC(F)(F)F)C2CC[C@@H]1C. The molecule has 0 aromatic carbocycles. The van der Waals surface area contributed by atoms with Gasteiger partial charge in [-0.3, -0.25) is 9.58 Å². The second-order valence-corrected chi connectivity index (χ2v) is 8.18. The summed E-state index contributed by atoms with van der Waals surface area (Å²) in [7, 11) is 1.33. The van der Waals surface area contributed by atoms with Gasteiger partial charge in [0.25, 0.3) is 0 Å². The Hall–Kier alpha value is -2.29. The maximum atomic E-state index is 12.7. The summed E-state index contributed by atoms with van der Waals surface area (Å²) in [4.78, 5) is 14.0. The van der Waals surface area contributed by atoms with Crippen molar-refractivity contribution in [3.63, 3.8) is 0 Å². The zero-order valence-corrected chi connectivity index (χ0v) is 17.1. The Balaban J connectivity index is 1.65. The van der Waals surface area contributed by atoms with E-state index in [9.17, 15) is 18.0 Å². The van der Waals surface area contributed by atoms with E-state index in [1.165, 1.54) is 7.11 Å². The normalized spacial score (nSPS) is 26.7. The van der Waals surface area contributed by atoms with Crippen LogP contribution in [0.25, 0.3) is 5.57 Å². The lowest BCUT2D eigenvalue weighted by atomic mass is 9.78. The number of ether oxygens (including phenoxy) is 2. The summed E-state index contributed by atoms with van der Waals surface area (Å²) < 4.78 is 50.9. The van der Waals surface area contributed by atoms with Gasteiger partial charge in [-0.15, -0.1) is 0 Å².